The Labute approximate surface area is 129 Å². The van der Waals surface area contributed by atoms with Crippen LogP contribution in [-0.4, -0.2) is 11.7 Å². The van der Waals surface area contributed by atoms with Crippen molar-refractivity contribution in [2.24, 2.45) is 0 Å². The molecular weight excluding hydrogens is 286 g/mol. The van der Waals surface area contributed by atoms with Crippen molar-refractivity contribution < 1.29 is 9.84 Å². The van der Waals surface area contributed by atoms with Crippen LogP contribution in [0.2, 0.25) is 5.02 Å². The van der Waals surface area contributed by atoms with E-state index in [-0.39, 0.29) is 11.8 Å². The number of benzene rings is 2. The minimum Gasteiger partial charge on any atom is -0.506 e. The molecule has 1 atom stereocenters. The fourth-order valence-electron chi connectivity index (χ4n) is 2.64. The molecule has 0 saturated carbocycles. The van der Waals surface area contributed by atoms with Gasteiger partial charge in [-0.1, -0.05) is 24.6 Å². The highest BCUT2D eigenvalue weighted by molar-refractivity contribution is 6.32. The molecule has 1 aliphatic heterocycles. The molecule has 3 nitrogen and oxygen atoms in total. The van der Waals surface area contributed by atoms with Gasteiger partial charge >= 0.3 is 0 Å². The average molecular weight is 304 g/mol. The first-order valence-corrected chi connectivity index (χ1v) is 7.56. The van der Waals surface area contributed by atoms with E-state index in [9.17, 15) is 5.11 Å². The third-order valence-electron chi connectivity index (χ3n) is 3.81. The number of rotatable bonds is 4. The van der Waals surface area contributed by atoms with Crippen LogP contribution in [0.25, 0.3) is 0 Å². The van der Waals surface area contributed by atoms with E-state index >= 15 is 0 Å². The summed E-state index contributed by atoms with van der Waals surface area (Å²) in [5.74, 6) is 1.10. The van der Waals surface area contributed by atoms with E-state index in [0.29, 0.717) is 5.02 Å². The van der Waals surface area contributed by atoms with Gasteiger partial charge in [0.15, 0.2) is 0 Å². The quantitative estimate of drug-likeness (QED) is 0.815. The van der Waals surface area contributed by atoms with Crippen LogP contribution in [-0.2, 0) is 6.42 Å². The summed E-state index contributed by atoms with van der Waals surface area (Å²) in [5.41, 5.74) is 3.42. The number of anilines is 1. The Morgan fingerprint density at radius 2 is 2.14 bits per heavy atom. The summed E-state index contributed by atoms with van der Waals surface area (Å²) in [7, 11) is 0. The van der Waals surface area contributed by atoms with Crippen LogP contribution >= 0.6 is 11.6 Å². The molecule has 3 rings (SSSR count). The number of phenols is 1. The number of ether oxygens (including phenoxy) is 1. The van der Waals surface area contributed by atoms with E-state index in [2.05, 4.69) is 24.4 Å². The minimum atomic E-state index is 0.102. The van der Waals surface area contributed by atoms with Gasteiger partial charge in [-0.2, -0.15) is 0 Å². The number of halogens is 1. The van der Waals surface area contributed by atoms with Gasteiger partial charge in [0.2, 0.25) is 0 Å². The Morgan fingerprint density at radius 1 is 1.29 bits per heavy atom. The summed E-state index contributed by atoms with van der Waals surface area (Å²) in [4.78, 5) is 0. The van der Waals surface area contributed by atoms with Crippen LogP contribution in [0.4, 0.5) is 5.69 Å². The van der Waals surface area contributed by atoms with E-state index in [1.165, 1.54) is 11.1 Å². The third kappa shape index (κ3) is 2.93. The highest BCUT2D eigenvalue weighted by atomic mass is 35.5. The van der Waals surface area contributed by atoms with Crippen molar-refractivity contribution in [1.29, 1.82) is 0 Å². The van der Waals surface area contributed by atoms with Crippen molar-refractivity contribution in [3.8, 4) is 11.5 Å². The Kier molecular flexibility index (Phi) is 3.93. The fraction of sp³-hybridized carbons (Fsp3) is 0.294. The molecule has 21 heavy (non-hydrogen) atoms. The Bertz CT molecular complexity index is 657. The second-order valence-corrected chi connectivity index (χ2v) is 5.64. The number of nitrogens with one attached hydrogen (secondary N) is 1. The zero-order chi connectivity index (χ0) is 14.8. The molecule has 0 radical (unpaired) electrons. The van der Waals surface area contributed by atoms with Crippen molar-refractivity contribution in [2.75, 3.05) is 11.9 Å². The van der Waals surface area contributed by atoms with E-state index < -0.39 is 0 Å². The molecule has 2 N–H and O–H groups in total. The lowest BCUT2D eigenvalue weighted by Crippen LogP contribution is -2.09. The molecule has 1 unspecified atom stereocenters. The largest absolute Gasteiger partial charge is 0.506 e. The predicted molar refractivity (Wildman–Crippen MR) is 85.4 cm³/mol. The van der Waals surface area contributed by atoms with Gasteiger partial charge in [0.1, 0.15) is 11.5 Å². The van der Waals surface area contributed by atoms with E-state index in [1.54, 1.807) is 12.1 Å². The van der Waals surface area contributed by atoms with Gasteiger partial charge in [-0.15, -0.1) is 0 Å². The van der Waals surface area contributed by atoms with Gasteiger partial charge < -0.3 is 15.2 Å². The molecule has 1 heterocycles. The van der Waals surface area contributed by atoms with Crippen molar-refractivity contribution >= 4 is 17.3 Å². The maximum atomic E-state index is 9.48. The lowest BCUT2D eigenvalue weighted by Gasteiger charge is -2.20. The van der Waals surface area contributed by atoms with Gasteiger partial charge in [-0.05, 0) is 47.9 Å². The first-order chi connectivity index (χ1) is 10.2. The number of aromatic hydroxyl groups is 1. The van der Waals surface area contributed by atoms with Gasteiger partial charge in [-0.3, -0.25) is 0 Å². The molecule has 4 heteroatoms. The van der Waals surface area contributed by atoms with Crippen molar-refractivity contribution in [3.05, 3.63) is 52.5 Å². The molecular formula is C17H18ClNO2. The van der Waals surface area contributed by atoms with Gasteiger partial charge in [0.05, 0.1) is 17.7 Å². The second kappa shape index (κ2) is 5.86. The zero-order valence-electron chi connectivity index (χ0n) is 11.9. The van der Waals surface area contributed by atoms with E-state index in [1.807, 2.05) is 12.1 Å². The highest BCUT2D eigenvalue weighted by Crippen LogP contribution is 2.32. The van der Waals surface area contributed by atoms with E-state index in [4.69, 9.17) is 16.3 Å². The summed E-state index contributed by atoms with van der Waals surface area (Å²) in [6, 6.07) is 11.8. The maximum absolute atomic E-state index is 9.48. The molecule has 2 aromatic rings. The Hall–Kier alpha value is -1.87. The summed E-state index contributed by atoms with van der Waals surface area (Å²) in [6.07, 6.45) is 1.93. The summed E-state index contributed by atoms with van der Waals surface area (Å²) >= 11 is 5.96. The van der Waals surface area contributed by atoms with Crippen LogP contribution in [0.5, 0.6) is 11.5 Å². The molecule has 0 fully saturated rings. The molecule has 0 saturated heterocycles. The standard InChI is InChI=1S/C17H18ClNO2/c1-2-15(19-13-4-5-16(20)14(18)10-13)11-3-6-17-12(9-11)7-8-21-17/h3-6,9-10,15,19-20H,2,7-8H2,1H3. The number of fused-ring (bicyclic) bond motifs is 1. The van der Waals surface area contributed by atoms with E-state index in [0.717, 1.165) is 30.9 Å². The lowest BCUT2D eigenvalue weighted by atomic mass is 10.0. The number of hydrogen-bond donors (Lipinski definition) is 2. The summed E-state index contributed by atoms with van der Waals surface area (Å²) in [5, 5.41) is 13.3. The van der Waals surface area contributed by atoms with Crippen LogP contribution in [0, 0.1) is 0 Å². The first kappa shape index (κ1) is 14.1. The monoisotopic (exact) mass is 303 g/mol. The predicted octanol–water partition coefficient (Wildman–Crippen LogP) is 4.54. The summed E-state index contributed by atoms with van der Waals surface area (Å²) < 4.78 is 5.55. The number of hydrogen-bond acceptors (Lipinski definition) is 3. The Morgan fingerprint density at radius 3 is 2.90 bits per heavy atom. The first-order valence-electron chi connectivity index (χ1n) is 7.18. The SMILES string of the molecule is CCC(Nc1ccc(O)c(Cl)c1)c1ccc2c(c1)CCO2. The van der Waals surface area contributed by atoms with Crippen LogP contribution in [0.1, 0.15) is 30.5 Å². The molecule has 0 spiro atoms. The van der Waals surface area contributed by atoms with Crippen molar-refractivity contribution in [1.82, 2.24) is 0 Å². The molecule has 0 aliphatic carbocycles. The molecule has 0 amide bonds. The molecule has 2 aromatic carbocycles. The number of phenolic OH excluding ortho intramolecular Hbond substituents is 1. The minimum absolute atomic E-state index is 0.102. The molecule has 1 aliphatic rings. The van der Waals surface area contributed by atoms with Crippen molar-refractivity contribution in [2.45, 2.75) is 25.8 Å². The fourth-order valence-corrected chi connectivity index (χ4v) is 2.82. The normalized spacial score (nSPS) is 14.4. The summed E-state index contributed by atoms with van der Waals surface area (Å²) in [6.45, 7) is 2.92. The highest BCUT2D eigenvalue weighted by Gasteiger charge is 2.16. The van der Waals surface area contributed by atoms with Crippen LogP contribution < -0.4 is 10.1 Å². The van der Waals surface area contributed by atoms with Gasteiger partial charge in [0.25, 0.3) is 0 Å². The maximum Gasteiger partial charge on any atom is 0.134 e. The van der Waals surface area contributed by atoms with Crippen LogP contribution in [0.15, 0.2) is 36.4 Å². The molecule has 0 bridgehead atoms. The smallest absolute Gasteiger partial charge is 0.134 e. The van der Waals surface area contributed by atoms with Gasteiger partial charge in [-0.25, -0.2) is 0 Å². The zero-order valence-corrected chi connectivity index (χ0v) is 12.7. The topological polar surface area (TPSA) is 41.5 Å². The molecule has 110 valence electrons. The lowest BCUT2D eigenvalue weighted by molar-refractivity contribution is 0.357. The van der Waals surface area contributed by atoms with Crippen LogP contribution in [0.3, 0.4) is 0 Å². The Balaban J connectivity index is 1.83. The van der Waals surface area contributed by atoms with Gasteiger partial charge in [0, 0.05) is 12.1 Å². The van der Waals surface area contributed by atoms with Crippen molar-refractivity contribution in [3.63, 3.8) is 0 Å². The third-order valence-corrected chi connectivity index (χ3v) is 4.12. The molecule has 0 aromatic heterocycles. The second-order valence-electron chi connectivity index (χ2n) is 5.24. The average Bonchev–Trinajstić information content (AvgIpc) is 2.95.